The number of hydrogen-bond acceptors (Lipinski definition) is 3. The van der Waals surface area contributed by atoms with E-state index in [2.05, 4.69) is 27.9 Å². The molecule has 4 nitrogen and oxygen atoms in total. The zero-order chi connectivity index (χ0) is 12.4. The molecular weight excluding hydrogens is 333 g/mol. The first-order chi connectivity index (χ1) is 8.06. The van der Waals surface area contributed by atoms with E-state index in [-0.39, 0.29) is 17.8 Å². The van der Waals surface area contributed by atoms with E-state index in [0.29, 0.717) is 18.0 Å². The number of hydrogen-bond donors (Lipinski definition) is 3. The predicted molar refractivity (Wildman–Crippen MR) is 71.9 cm³/mol. The number of aliphatic hydroxyl groups excluding tert-OH is 1. The second-order valence-electron chi connectivity index (χ2n) is 4.36. The van der Waals surface area contributed by atoms with Crippen LogP contribution in [0.5, 0.6) is 5.75 Å². The van der Waals surface area contributed by atoms with Crippen LogP contribution in [0.15, 0.2) is 18.2 Å². The monoisotopic (exact) mass is 347 g/mol. The fourth-order valence-corrected chi connectivity index (χ4v) is 2.38. The van der Waals surface area contributed by atoms with Gasteiger partial charge in [-0.05, 0) is 59.5 Å². The molecule has 0 radical (unpaired) electrons. The molecule has 1 fully saturated rings. The van der Waals surface area contributed by atoms with Gasteiger partial charge in [-0.25, -0.2) is 0 Å². The number of phenolic OH excluding ortho intramolecular Hbond substituents is 1. The Balaban J connectivity index is 1.92. The largest absolute Gasteiger partial charge is 0.507 e. The van der Waals surface area contributed by atoms with Crippen molar-refractivity contribution in [3.05, 3.63) is 27.3 Å². The van der Waals surface area contributed by atoms with Crippen LogP contribution in [0.25, 0.3) is 0 Å². The Morgan fingerprint density at radius 2 is 2.18 bits per heavy atom. The summed E-state index contributed by atoms with van der Waals surface area (Å²) in [4.78, 5) is 11.8. The number of halogens is 1. The minimum absolute atomic E-state index is 0.00319. The molecule has 1 saturated carbocycles. The Labute approximate surface area is 113 Å². The summed E-state index contributed by atoms with van der Waals surface area (Å²) in [6.45, 7) is 0.556. The molecule has 0 atom stereocenters. The van der Waals surface area contributed by atoms with Gasteiger partial charge < -0.3 is 15.5 Å². The highest BCUT2D eigenvalue weighted by Gasteiger charge is 2.27. The fraction of sp³-hybridized carbons (Fsp3) is 0.417. The molecule has 0 unspecified atom stereocenters. The van der Waals surface area contributed by atoms with Crippen LogP contribution in [0.4, 0.5) is 0 Å². The quantitative estimate of drug-likeness (QED) is 0.726. The summed E-state index contributed by atoms with van der Waals surface area (Å²) < 4.78 is 0.907. The van der Waals surface area contributed by atoms with E-state index in [1.54, 1.807) is 12.1 Å². The Hall–Kier alpha value is -0.820. The maximum Gasteiger partial charge on any atom is 0.255 e. The van der Waals surface area contributed by atoms with Crippen LogP contribution in [0, 0.1) is 9.49 Å². The number of amides is 1. The molecule has 1 amide bonds. The molecule has 0 aromatic heterocycles. The second-order valence-corrected chi connectivity index (χ2v) is 5.61. The Morgan fingerprint density at radius 3 is 2.82 bits per heavy atom. The maximum atomic E-state index is 11.8. The third-order valence-electron chi connectivity index (χ3n) is 2.97. The number of rotatable bonds is 3. The van der Waals surface area contributed by atoms with Gasteiger partial charge in [0.1, 0.15) is 5.75 Å². The van der Waals surface area contributed by atoms with Crippen molar-refractivity contribution in [3.63, 3.8) is 0 Å². The number of nitrogens with one attached hydrogen (secondary N) is 1. The molecular formula is C12H14INO3. The molecule has 1 aromatic rings. The number of aliphatic hydroxyl groups is 1. The summed E-state index contributed by atoms with van der Waals surface area (Å²) in [6.07, 6.45) is 1.29. The SMILES string of the molecule is O=C(NCC1CC(O)C1)c1cc(I)ccc1O. The van der Waals surface area contributed by atoms with Gasteiger partial charge in [0.25, 0.3) is 5.91 Å². The van der Waals surface area contributed by atoms with Crippen LogP contribution in [0.3, 0.4) is 0 Å². The zero-order valence-corrected chi connectivity index (χ0v) is 11.3. The lowest BCUT2D eigenvalue weighted by molar-refractivity contribution is 0.0420. The molecule has 0 heterocycles. The Morgan fingerprint density at radius 1 is 1.47 bits per heavy atom. The summed E-state index contributed by atoms with van der Waals surface area (Å²) in [5.74, 6) is 0.0952. The van der Waals surface area contributed by atoms with E-state index in [4.69, 9.17) is 5.11 Å². The normalized spacial score (nSPS) is 22.9. The van der Waals surface area contributed by atoms with Crippen molar-refractivity contribution in [3.8, 4) is 5.75 Å². The molecule has 5 heteroatoms. The standard InChI is InChI=1S/C12H14INO3/c13-8-1-2-11(16)10(5-8)12(17)14-6-7-3-9(15)4-7/h1-2,5,7,9,15-16H,3-4,6H2,(H,14,17). The van der Waals surface area contributed by atoms with Crippen molar-refractivity contribution in [1.82, 2.24) is 5.32 Å². The van der Waals surface area contributed by atoms with E-state index >= 15 is 0 Å². The topological polar surface area (TPSA) is 69.6 Å². The minimum Gasteiger partial charge on any atom is -0.507 e. The van der Waals surface area contributed by atoms with E-state index in [0.717, 1.165) is 16.4 Å². The maximum absolute atomic E-state index is 11.8. The average Bonchev–Trinajstić information content (AvgIpc) is 2.26. The van der Waals surface area contributed by atoms with Crippen molar-refractivity contribution in [2.24, 2.45) is 5.92 Å². The van der Waals surface area contributed by atoms with Crippen molar-refractivity contribution in [2.75, 3.05) is 6.54 Å². The first-order valence-corrected chi connectivity index (χ1v) is 6.59. The lowest BCUT2D eigenvalue weighted by atomic mass is 9.82. The smallest absolute Gasteiger partial charge is 0.255 e. The van der Waals surface area contributed by atoms with E-state index in [1.807, 2.05) is 0 Å². The molecule has 0 aliphatic heterocycles. The highest BCUT2D eigenvalue weighted by Crippen LogP contribution is 2.26. The van der Waals surface area contributed by atoms with E-state index in [9.17, 15) is 9.90 Å². The molecule has 92 valence electrons. The fourth-order valence-electron chi connectivity index (χ4n) is 1.89. The number of phenols is 1. The zero-order valence-electron chi connectivity index (χ0n) is 9.19. The van der Waals surface area contributed by atoms with Crippen molar-refractivity contribution in [1.29, 1.82) is 0 Å². The van der Waals surface area contributed by atoms with E-state index < -0.39 is 0 Å². The van der Waals surface area contributed by atoms with Crippen LogP contribution >= 0.6 is 22.6 Å². The van der Waals surface area contributed by atoms with Gasteiger partial charge in [0, 0.05) is 10.1 Å². The number of carbonyl (C=O) groups is 1. The van der Waals surface area contributed by atoms with Gasteiger partial charge in [-0.2, -0.15) is 0 Å². The van der Waals surface area contributed by atoms with Crippen molar-refractivity contribution in [2.45, 2.75) is 18.9 Å². The van der Waals surface area contributed by atoms with Crippen LogP contribution in [-0.4, -0.2) is 28.8 Å². The molecule has 0 saturated heterocycles. The van der Waals surface area contributed by atoms with Gasteiger partial charge in [0.15, 0.2) is 0 Å². The summed E-state index contributed by atoms with van der Waals surface area (Å²) in [7, 11) is 0. The highest BCUT2D eigenvalue weighted by atomic mass is 127. The Bertz CT molecular complexity index is 430. The van der Waals surface area contributed by atoms with Gasteiger partial charge in [0.2, 0.25) is 0 Å². The Kier molecular flexibility index (Phi) is 3.88. The van der Waals surface area contributed by atoms with Gasteiger partial charge in [-0.1, -0.05) is 0 Å². The second kappa shape index (κ2) is 5.22. The molecule has 0 bridgehead atoms. The minimum atomic E-state index is -0.262. The van der Waals surface area contributed by atoms with Crippen LogP contribution < -0.4 is 5.32 Å². The van der Waals surface area contributed by atoms with Gasteiger partial charge >= 0.3 is 0 Å². The average molecular weight is 347 g/mol. The molecule has 2 rings (SSSR count). The third kappa shape index (κ3) is 3.10. The van der Waals surface area contributed by atoms with Crippen molar-refractivity contribution >= 4 is 28.5 Å². The molecule has 17 heavy (non-hydrogen) atoms. The summed E-state index contributed by atoms with van der Waals surface area (Å²) in [5.41, 5.74) is 0.303. The molecule has 1 aliphatic carbocycles. The summed E-state index contributed by atoms with van der Waals surface area (Å²) in [6, 6.07) is 4.92. The van der Waals surface area contributed by atoms with Crippen LogP contribution in [0.2, 0.25) is 0 Å². The lowest BCUT2D eigenvalue weighted by Gasteiger charge is -2.31. The summed E-state index contributed by atoms with van der Waals surface area (Å²) in [5, 5.41) is 21.5. The first-order valence-electron chi connectivity index (χ1n) is 5.51. The number of carbonyl (C=O) groups excluding carboxylic acids is 1. The number of benzene rings is 1. The van der Waals surface area contributed by atoms with Crippen LogP contribution in [0.1, 0.15) is 23.2 Å². The van der Waals surface area contributed by atoms with E-state index in [1.165, 1.54) is 6.07 Å². The van der Waals surface area contributed by atoms with Crippen molar-refractivity contribution < 1.29 is 15.0 Å². The van der Waals surface area contributed by atoms with Gasteiger partial charge in [-0.3, -0.25) is 4.79 Å². The lowest BCUT2D eigenvalue weighted by Crippen LogP contribution is -2.38. The first kappa shape index (κ1) is 12.6. The molecule has 1 aliphatic rings. The van der Waals surface area contributed by atoms with Crippen LogP contribution in [-0.2, 0) is 0 Å². The van der Waals surface area contributed by atoms with Gasteiger partial charge in [-0.15, -0.1) is 0 Å². The molecule has 0 spiro atoms. The predicted octanol–water partition coefficient (Wildman–Crippen LogP) is 1.50. The molecule has 3 N–H and O–H groups in total. The van der Waals surface area contributed by atoms with Gasteiger partial charge in [0.05, 0.1) is 11.7 Å². The third-order valence-corrected chi connectivity index (χ3v) is 3.64. The number of aromatic hydroxyl groups is 1. The summed E-state index contributed by atoms with van der Waals surface area (Å²) >= 11 is 2.09. The highest BCUT2D eigenvalue weighted by molar-refractivity contribution is 14.1. The molecule has 1 aromatic carbocycles.